The molecule has 0 fully saturated rings. The normalized spacial score (nSPS) is 11.9. The number of benzene rings is 1. The molecular weight excluding hydrogens is 268 g/mol. The van der Waals surface area contributed by atoms with E-state index in [1.54, 1.807) is 7.11 Å². The Labute approximate surface area is 105 Å². The largest absolute Gasteiger partial charge is 0.383 e. The summed E-state index contributed by atoms with van der Waals surface area (Å²) < 4.78 is 6.08. The van der Waals surface area contributed by atoms with E-state index < -0.39 is 0 Å². The molecule has 0 N–H and O–H groups in total. The predicted octanol–water partition coefficient (Wildman–Crippen LogP) is 2.79. The maximum atomic E-state index is 9.05. The Morgan fingerprint density at radius 1 is 1.56 bits per heavy atom. The number of nitrogens with zero attached hydrogens (tertiary/aromatic N) is 2. The smallest absolute Gasteiger partial charge is 0.101 e. The first-order chi connectivity index (χ1) is 7.60. The lowest BCUT2D eigenvalue weighted by Crippen LogP contribution is -2.33. The molecule has 0 saturated heterocycles. The van der Waals surface area contributed by atoms with Crippen molar-refractivity contribution in [1.82, 2.24) is 0 Å². The monoisotopic (exact) mass is 282 g/mol. The maximum Gasteiger partial charge on any atom is 0.101 e. The number of hydrogen-bond donors (Lipinski definition) is 0. The van der Waals surface area contributed by atoms with Crippen molar-refractivity contribution in [2.45, 2.75) is 13.0 Å². The van der Waals surface area contributed by atoms with Gasteiger partial charge in [0.1, 0.15) is 6.07 Å². The van der Waals surface area contributed by atoms with Crippen LogP contribution in [-0.2, 0) is 4.74 Å². The molecule has 86 valence electrons. The molecule has 0 heterocycles. The summed E-state index contributed by atoms with van der Waals surface area (Å²) in [6.45, 7) is 2.69. The van der Waals surface area contributed by atoms with Gasteiger partial charge in [-0.3, -0.25) is 0 Å². The highest BCUT2D eigenvalue weighted by Crippen LogP contribution is 2.25. The molecule has 1 unspecified atom stereocenters. The molecule has 1 atom stereocenters. The minimum absolute atomic E-state index is 0.228. The molecule has 0 saturated carbocycles. The second kappa shape index (κ2) is 5.88. The first-order valence-corrected chi connectivity index (χ1v) is 5.81. The second-order valence-electron chi connectivity index (χ2n) is 3.69. The third kappa shape index (κ3) is 2.97. The van der Waals surface area contributed by atoms with Crippen molar-refractivity contribution in [2.75, 3.05) is 25.7 Å². The first kappa shape index (κ1) is 13.0. The van der Waals surface area contributed by atoms with Crippen LogP contribution in [0.2, 0.25) is 0 Å². The Balaban J connectivity index is 3.02. The van der Waals surface area contributed by atoms with Crippen molar-refractivity contribution in [3.05, 3.63) is 28.2 Å². The lowest BCUT2D eigenvalue weighted by atomic mass is 10.1. The van der Waals surface area contributed by atoms with Gasteiger partial charge >= 0.3 is 0 Å². The van der Waals surface area contributed by atoms with E-state index in [0.29, 0.717) is 12.2 Å². The van der Waals surface area contributed by atoms with Crippen LogP contribution in [-0.4, -0.2) is 26.8 Å². The van der Waals surface area contributed by atoms with E-state index in [4.69, 9.17) is 10.00 Å². The van der Waals surface area contributed by atoms with Gasteiger partial charge in [-0.25, -0.2) is 0 Å². The average Bonchev–Trinajstić information content (AvgIpc) is 2.28. The first-order valence-electron chi connectivity index (χ1n) is 5.01. The van der Waals surface area contributed by atoms with Gasteiger partial charge in [0.25, 0.3) is 0 Å². The van der Waals surface area contributed by atoms with Gasteiger partial charge in [-0.15, -0.1) is 0 Å². The summed E-state index contributed by atoms with van der Waals surface area (Å²) in [6, 6.07) is 8.06. The van der Waals surface area contributed by atoms with Crippen LogP contribution in [0.1, 0.15) is 12.5 Å². The van der Waals surface area contributed by atoms with Crippen molar-refractivity contribution in [3.8, 4) is 6.07 Å². The lowest BCUT2D eigenvalue weighted by Gasteiger charge is -2.27. The highest BCUT2D eigenvalue weighted by atomic mass is 79.9. The van der Waals surface area contributed by atoms with Crippen LogP contribution in [0.3, 0.4) is 0 Å². The number of halogens is 1. The fourth-order valence-corrected chi connectivity index (χ4v) is 1.83. The number of anilines is 1. The van der Waals surface area contributed by atoms with E-state index in [-0.39, 0.29) is 6.04 Å². The van der Waals surface area contributed by atoms with E-state index in [9.17, 15) is 0 Å². The van der Waals surface area contributed by atoms with E-state index >= 15 is 0 Å². The minimum Gasteiger partial charge on any atom is -0.383 e. The molecular formula is C12H15BrN2O. The van der Waals surface area contributed by atoms with E-state index in [2.05, 4.69) is 28.9 Å². The lowest BCUT2D eigenvalue weighted by molar-refractivity contribution is 0.183. The van der Waals surface area contributed by atoms with Gasteiger partial charge < -0.3 is 9.64 Å². The molecule has 0 radical (unpaired) electrons. The summed E-state index contributed by atoms with van der Waals surface area (Å²) in [5.41, 5.74) is 1.59. The summed E-state index contributed by atoms with van der Waals surface area (Å²) in [5, 5.41) is 9.05. The van der Waals surface area contributed by atoms with E-state index in [0.717, 1.165) is 10.2 Å². The Morgan fingerprint density at radius 3 is 2.81 bits per heavy atom. The molecule has 0 amide bonds. The summed E-state index contributed by atoms with van der Waals surface area (Å²) in [5.74, 6) is 0. The maximum absolute atomic E-state index is 9.05. The van der Waals surface area contributed by atoms with Crippen LogP contribution >= 0.6 is 15.9 Å². The summed E-state index contributed by atoms with van der Waals surface area (Å²) >= 11 is 3.41. The molecule has 1 rings (SSSR count). The molecule has 3 nitrogen and oxygen atoms in total. The zero-order chi connectivity index (χ0) is 12.1. The second-order valence-corrected chi connectivity index (χ2v) is 4.60. The topological polar surface area (TPSA) is 36.3 Å². The predicted molar refractivity (Wildman–Crippen MR) is 68.6 cm³/mol. The Hall–Kier alpha value is -1.05. The number of nitriles is 1. The van der Waals surface area contributed by atoms with Gasteiger partial charge in [-0.05, 0) is 25.1 Å². The quantitative estimate of drug-likeness (QED) is 0.852. The van der Waals surface area contributed by atoms with Crippen molar-refractivity contribution in [3.63, 3.8) is 0 Å². The Bertz CT molecular complexity index is 400. The Kier molecular flexibility index (Phi) is 4.78. The number of hydrogen-bond acceptors (Lipinski definition) is 3. The average molecular weight is 283 g/mol. The summed E-state index contributed by atoms with van der Waals surface area (Å²) in [4.78, 5) is 2.05. The van der Waals surface area contributed by atoms with Gasteiger partial charge in [-0.1, -0.05) is 15.9 Å². The zero-order valence-electron chi connectivity index (χ0n) is 9.70. The number of methoxy groups -OCH3 is 1. The van der Waals surface area contributed by atoms with Crippen LogP contribution in [0.15, 0.2) is 22.7 Å². The molecule has 0 aromatic heterocycles. The van der Waals surface area contributed by atoms with E-state index in [1.807, 2.05) is 30.1 Å². The molecule has 0 bridgehead atoms. The van der Waals surface area contributed by atoms with Gasteiger partial charge in [0, 0.05) is 24.7 Å². The third-order valence-electron chi connectivity index (χ3n) is 2.53. The highest BCUT2D eigenvalue weighted by molar-refractivity contribution is 9.10. The third-order valence-corrected chi connectivity index (χ3v) is 3.02. The summed E-state index contributed by atoms with van der Waals surface area (Å²) in [6.07, 6.45) is 0. The van der Waals surface area contributed by atoms with Crippen LogP contribution in [0.5, 0.6) is 0 Å². The van der Waals surface area contributed by atoms with Gasteiger partial charge in [0.15, 0.2) is 0 Å². The van der Waals surface area contributed by atoms with Crippen LogP contribution in [0, 0.1) is 11.3 Å². The molecule has 4 heteroatoms. The molecule has 0 aliphatic heterocycles. The van der Waals surface area contributed by atoms with Crippen molar-refractivity contribution < 1.29 is 4.74 Å². The Morgan fingerprint density at radius 2 is 2.25 bits per heavy atom. The van der Waals surface area contributed by atoms with Crippen molar-refractivity contribution in [2.24, 2.45) is 0 Å². The number of likely N-dealkylation sites (N-methyl/N-ethyl adjacent to an activating group) is 1. The minimum atomic E-state index is 0.228. The van der Waals surface area contributed by atoms with Crippen molar-refractivity contribution >= 4 is 21.6 Å². The molecule has 0 aliphatic carbocycles. The molecule has 1 aromatic carbocycles. The SMILES string of the molecule is COCC(C)N(C)c1cc(Br)ccc1C#N. The fraction of sp³-hybridized carbons (Fsp3) is 0.417. The molecule has 0 aliphatic rings. The van der Waals surface area contributed by atoms with Crippen LogP contribution in [0.4, 0.5) is 5.69 Å². The number of ether oxygens (including phenoxy) is 1. The number of rotatable bonds is 4. The van der Waals surface area contributed by atoms with Crippen LogP contribution in [0.25, 0.3) is 0 Å². The highest BCUT2D eigenvalue weighted by Gasteiger charge is 2.13. The fourth-order valence-electron chi connectivity index (χ4n) is 1.48. The molecule has 0 spiro atoms. The molecule has 16 heavy (non-hydrogen) atoms. The van der Waals surface area contributed by atoms with Crippen LogP contribution < -0.4 is 4.90 Å². The summed E-state index contributed by atoms with van der Waals surface area (Å²) in [7, 11) is 3.64. The zero-order valence-corrected chi connectivity index (χ0v) is 11.3. The van der Waals surface area contributed by atoms with Gasteiger partial charge in [0.05, 0.1) is 17.9 Å². The van der Waals surface area contributed by atoms with Gasteiger partial charge in [0.2, 0.25) is 0 Å². The van der Waals surface area contributed by atoms with Crippen molar-refractivity contribution in [1.29, 1.82) is 5.26 Å². The van der Waals surface area contributed by atoms with Gasteiger partial charge in [-0.2, -0.15) is 5.26 Å². The molecule has 1 aromatic rings. The standard InChI is InChI=1S/C12H15BrN2O/c1-9(8-16-3)15(2)12-6-11(13)5-4-10(12)7-14/h4-6,9H,8H2,1-3H3. The van der Waals surface area contributed by atoms with E-state index in [1.165, 1.54) is 0 Å².